The number of ether oxygens (including phenoxy) is 3. The summed E-state index contributed by atoms with van der Waals surface area (Å²) >= 11 is 0. The van der Waals surface area contributed by atoms with E-state index >= 15 is 4.39 Å². The highest BCUT2D eigenvalue weighted by Gasteiger charge is 2.34. The van der Waals surface area contributed by atoms with Gasteiger partial charge in [-0.15, -0.1) is 0 Å². The van der Waals surface area contributed by atoms with Crippen LogP contribution in [0.4, 0.5) is 24.2 Å². The molecule has 1 saturated carbocycles. The first-order valence-electron chi connectivity index (χ1n) is 16.1. The summed E-state index contributed by atoms with van der Waals surface area (Å²) in [5.41, 5.74) is 0.0306. The quantitative estimate of drug-likeness (QED) is 0.128. The Bertz CT molecular complexity index is 2140. The average Bonchev–Trinajstić information content (AvgIpc) is 3.78. The molecule has 3 heterocycles. The molecule has 13 heteroatoms. The summed E-state index contributed by atoms with van der Waals surface area (Å²) in [5, 5.41) is -0.0366. The summed E-state index contributed by atoms with van der Waals surface area (Å²) in [6.07, 6.45) is 3.32. The van der Waals surface area contributed by atoms with Crippen LogP contribution in [0.1, 0.15) is 70.6 Å². The van der Waals surface area contributed by atoms with Gasteiger partial charge in [-0.1, -0.05) is 0 Å². The van der Waals surface area contributed by atoms with Crippen LogP contribution in [0.3, 0.4) is 0 Å². The van der Waals surface area contributed by atoms with Gasteiger partial charge in [0.2, 0.25) is 0 Å². The van der Waals surface area contributed by atoms with Gasteiger partial charge in [-0.25, -0.2) is 33.1 Å². The summed E-state index contributed by atoms with van der Waals surface area (Å²) in [4.78, 5) is 54.0. The molecule has 260 valence electrons. The second kappa shape index (κ2) is 12.8. The molecule has 0 aliphatic heterocycles. The Labute approximate surface area is 287 Å². The van der Waals surface area contributed by atoms with E-state index in [2.05, 4.69) is 9.97 Å². The highest BCUT2D eigenvalue weighted by Crippen LogP contribution is 2.38. The van der Waals surface area contributed by atoms with Gasteiger partial charge in [0.25, 0.3) is 0 Å². The number of carbonyl (C=O) groups excluding carboxylic acids is 3. The molecule has 2 amide bonds. The third-order valence-electron chi connectivity index (χ3n) is 7.87. The lowest BCUT2D eigenvalue weighted by molar-refractivity contribution is 0.0428. The number of rotatable bonds is 6. The van der Waals surface area contributed by atoms with Crippen molar-refractivity contribution < 1.29 is 37.4 Å². The Kier molecular flexibility index (Phi) is 8.79. The van der Waals surface area contributed by atoms with Crippen LogP contribution in [0.15, 0.2) is 54.9 Å². The van der Waals surface area contributed by atoms with Gasteiger partial charge in [-0.2, -0.15) is 4.90 Å². The number of anilines is 1. The zero-order chi connectivity index (χ0) is 36.1. The van der Waals surface area contributed by atoms with Gasteiger partial charge < -0.3 is 14.2 Å². The highest BCUT2D eigenvalue weighted by atomic mass is 19.1. The van der Waals surface area contributed by atoms with Crippen LogP contribution in [0.5, 0.6) is 0 Å². The van der Waals surface area contributed by atoms with Crippen LogP contribution < -0.4 is 4.90 Å². The molecule has 5 aromatic rings. The third-order valence-corrected chi connectivity index (χ3v) is 7.87. The maximum absolute atomic E-state index is 15.5. The van der Waals surface area contributed by atoms with Crippen LogP contribution in [0.2, 0.25) is 0 Å². The van der Waals surface area contributed by atoms with Crippen molar-refractivity contribution in [3.05, 3.63) is 77.9 Å². The van der Waals surface area contributed by atoms with E-state index < -0.39 is 41.0 Å². The van der Waals surface area contributed by atoms with E-state index in [0.29, 0.717) is 50.9 Å². The van der Waals surface area contributed by atoms with Gasteiger partial charge in [-0.3, -0.25) is 9.55 Å². The SMILES string of the molecule is COC(=O)c1cc(-c2ccnc(N(C(=O)OC(C)(C)C)C(=O)OC(C)(C)C)c2)cc2c1nc(CC1CC1)n2-c1ccnc2c(F)ccc(F)c12. The molecule has 1 aliphatic rings. The molecule has 0 radical (unpaired) electrons. The van der Waals surface area contributed by atoms with E-state index in [1.165, 1.54) is 25.6 Å². The molecule has 11 nitrogen and oxygen atoms in total. The van der Waals surface area contributed by atoms with Gasteiger partial charge >= 0.3 is 18.2 Å². The number of hydrogen-bond donors (Lipinski definition) is 0. The Morgan fingerprint density at radius 1 is 0.840 bits per heavy atom. The number of hydrogen-bond acceptors (Lipinski definition) is 9. The minimum Gasteiger partial charge on any atom is -0.465 e. The zero-order valence-corrected chi connectivity index (χ0v) is 28.8. The van der Waals surface area contributed by atoms with Crippen molar-refractivity contribution in [3.8, 4) is 16.8 Å². The standard InChI is InChI=1S/C37H37F2N5O6/c1-36(2,3)49-34(46)44(35(47)50-37(4,5)6)28-19-21(12-14-40-28)22-17-23(33(45)48-7)31-27(18-22)43(29(42-31)16-20-8-9-20)26-13-15-41-32-25(39)11-10-24(38)30(26)32/h10-15,17-20H,8-9,16H2,1-7H3. The van der Waals surface area contributed by atoms with Crippen molar-refractivity contribution >= 4 is 45.9 Å². The average molecular weight is 686 g/mol. The van der Waals surface area contributed by atoms with Crippen molar-refractivity contribution in [2.75, 3.05) is 12.0 Å². The predicted octanol–water partition coefficient (Wildman–Crippen LogP) is 8.33. The van der Waals surface area contributed by atoms with Gasteiger partial charge in [0.15, 0.2) is 0 Å². The van der Waals surface area contributed by atoms with E-state index in [4.69, 9.17) is 19.2 Å². The molecule has 0 N–H and O–H groups in total. The summed E-state index contributed by atoms with van der Waals surface area (Å²) in [5.74, 6) is -1.22. The van der Waals surface area contributed by atoms with Crippen molar-refractivity contribution in [3.63, 3.8) is 0 Å². The van der Waals surface area contributed by atoms with Gasteiger partial charge in [0.1, 0.15) is 45.5 Å². The Balaban J connectivity index is 1.58. The lowest BCUT2D eigenvalue weighted by Crippen LogP contribution is -2.44. The predicted molar refractivity (Wildman–Crippen MR) is 182 cm³/mol. The molecular formula is C37H37F2N5O6. The first-order valence-corrected chi connectivity index (χ1v) is 16.1. The number of amides is 2. The lowest BCUT2D eigenvalue weighted by Gasteiger charge is -2.28. The molecule has 0 spiro atoms. The largest absolute Gasteiger partial charge is 0.465 e. The number of imide groups is 1. The summed E-state index contributed by atoms with van der Waals surface area (Å²) in [6.45, 7) is 9.99. The fourth-order valence-corrected chi connectivity index (χ4v) is 5.60. The van der Waals surface area contributed by atoms with Gasteiger partial charge in [0, 0.05) is 18.8 Å². The van der Waals surface area contributed by atoms with E-state index in [1.54, 1.807) is 70.4 Å². The number of fused-ring (bicyclic) bond motifs is 2. The van der Waals surface area contributed by atoms with Crippen molar-refractivity contribution in [1.82, 2.24) is 19.5 Å². The monoisotopic (exact) mass is 685 g/mol. The number of pyridine rings is 2. The number of nitrogens with zero attached hydrogens (tertiary/aromatic N) is 5. The van der Waals surface area contributed by atoms with Crippen molar-refractivity contribution in [2.24, 2.45) is 5.92 Å². The topological polar surface area (TPSA) is 126 Å². The molecule has 0 bridgehead atoms. The normalized spacial score (nSPS) is 13.4. The van der Waals surface area contributed by atoms with Crippen molar-refractivity contribution in [2.45, 2.75) is 72.0 Å². The first kappa shape index (κ1) is 34.4. The van der Waals surface area contributed by atoms with Crippen LogP contribution in [-0.4, -0.2) is 56.0 Å². The molecule has 2 aromatic carbocycles. The number of esters is 1. The first-order chi connectivity index (χ1) is 23.5. The minimum absolute atomic E-state index is 0.0366. The van der Waals surface area contributed by atoms with E-state index in [1.807, 2.05) is 0 Å². The minimum atomic E-state index is -0.997. The fraction of sp³-hybridized carbons (Fsp3) is 0.351. The third kappa shape index (κ3) is 6.98. The zero-order valence-electron chi connectivity index (χ0n) is 28.8. The maximum atomic E-state index is 15.5. The summed E-state index contributed by atoms with van der Waals surface area (Å²) in [6, 6.07) is 10.1. The van der Waals surface area contributed by atoms with Crippen LogP contribution in [-0.2, 0) is 20.6 Å². The fourth-order valence-electron chi connectivity index (χ4n) is 5.60. The number of halogens is 2. The van der Waals surface area contributed by atoms with Gasteiger partial charge in [0.05, 0.1) is 29.3 Å². The number of methoxy groups -OCH3 is 1. The second-order valence-electron chi connectivity index (χ2n) is 14.2. The number of aromatic nitrogens is 4. The van der Waals surface area contributed by atoms with Gasteiger partial charge in [-0.05, 0) is 114 Å². The maximum Gasteiger partial charge on any atom is 0.425 e. The molecule has 0 unspecified atom stereocenters. The Hall–Kier alpha value is -5.46. The van der Waals surface area contributed by atoms with E-state index in [9.17, 15) is 18.8 Å². The van der Waals surface area contributed by atoms with Crippen molar-refractivity contribution in [1.29, 1.82) is 0 Å². The molecule has 1 aliphatic carbocycles. The smallest absolute Gasteiger partial charge is 0.425 e. The second-order valence-corrected chi connectivity index (χ2v) is 14.2. The molecular weight excluding hydrogens is 648 g/mol. The Morgan fingerprint density at radius 3 is 2.10 bits per heavy atom. The molecule has 3 aromatic heterocycles. The molecule has 50 heavy (non-hydrogen) atoms. The molecule has 0 atom stereocenters. The van der Waals surface area contributed by atoms with Crippen LogP contribution in [0, 0.1) is 17.6 Å². The summed E-state index contributed by atoms with van der Waals surface area (Å²) < 4.78 is 48.4. The van der Waals surface area contributed by atoms with E-state index in [0.717, 1.165) is 25.0 Å². The number of imidazole rings is 1. The Morgan fingerprint density at radius 2 is 1.48 bits per heavy atom. The summed E-state index contributed by atoms with van der Waals surface area (Å²) in [7, 11) is 1.25. The van der Waals surface area contributed by atoms with E-state index in [-0.39, 0.29) is 22.3 Å². The number of benzene rings is 2. The molecule has 6 rings (SSSR count). The molecule has 0 saturated heterocycles. The van der Waals surface area contributed by atoms with Crippen LogP contribution >= 0.6 is 0 Å². The highest BCUT2D eigenvalue weighted by molar-refractivity contribution is 6.09. The number of carbonyl (C=O) groups is 3. The van der Waals surface area contributed by atoms with Crippen LogP contribution in [0.25, 0.3) is 38.8 Å². The molecule has 1 fully saturated rings. The lowest BCUT2D eigenvalue weighted by atomic mass is 10.0.